The number of carbonyl (C=O) groups excluding carboxylic acids is 1. The first-order chi connectivity index (χ1) is 13.2. The topological polar surface area (TPSA) is 87.0 Å². The summed E-state index contributed by atoms with van der Waals surface area (Å²) in [7, 11) is 4.63. The van der Waals surface area contributed by atoms with Crippen molar-refractivity contribution in [1.82, 2.24) is 15.0 Å². The Bertz CT molecular complexity index is 981. The smallest absolute Gasteiger partial charge is 0.260 e. The van der Waals surface area contributed by atoms with E-state index in [2.05, 4.69) is 15.5 Å². The lowest BCUT2D eigenvalue weighted by molar-refractivity contribution is -0.121. The van der Waals surface area contributed by atoms with Crippen molar-refractivity contribution in [3.63, 3.8) is 0 Å². The molecule has 0 saturated heterocycles. The molecule has 0 saturated carbocycles. The van der Waals surface area contributed by atoms with Crippen molar-refractivity contribution in [2.75, 3.05) is 21.3 Å². The van der Waals surface area contributed by atoms with Crippen LogP contribution in [0.2, 0.25) is 0 Å². The number of hydrazone groups is 1. The first-order valence-electron chi connectivity index (χ1n) is 8.18. The minimum atomic E-state index is -0.270. The van der Waals surface area contributed by atoms with Gasteiger partial charge in [-0.15, -0.1) is 0 Å². The zero-order valence-electron chi connectivity index (χ0n) is 15.3. The van der Waals surface area contributed by atoms with Gasteiger partial charge in [0.25, 0.3) is 5.91 Å². The molecule has 0 bridgehead atoms. The van der Waals surface area contributed by atoms with Crippen LogP contribution in [0.1, 0.15) is 5.56 Å². The van der Waals surface area contributed by atoms with E-state index in [9.17, 15) is 4.79 Å². The van der Waals surface area contributed by atoms with Gasteiger partial charge in [-0.1, -0.05) is 12.1 Å². The van der Waals surface area contributed by atoms with Gasteiger partial charge >= 0.3 is 0 Å². The second kappa shape index (κ2) is 8.22. The molecule has 0 unspecified atom stereocenters. The van der Waals surface area contributed by atoms with Crippen LogP contribution in [0.5, 0.6) is 17.2 Å². The minimum absolute atomic E-state index is 0.112. The third-order valence-corrected chi connectivity index (χ3v) is 3.97. The van der Waals surface area contributed by atoms with E-state index in [1.807, 2.05) is 24.3 Å². The summed E-state index contributed by atoms with van der Waals surface area (Å²) < 4.78 is 17.6. The number of ether oxygens (including phenoxy) is 3. The molecule has 0 radical (unpaired) electrons. The molecule has 0 fully saturated rings. The molecule has 0 atom stereocenters. The van der Waals surface area contributed by atoms with Gasteiger partial charge in [0.2, 0.25) is 0 Å². The fourth-order valence-electron chi connectivity index (χ4n) is 2.65. The van der Waals surface area contributed by atoms with Crippen LogP contribution in [-0.2, 0) is 11.3 Å². The maximum absolute atomic E-state index is 12.2. The van der Waals surface area contributed by atoms with Crippen molar-refractivity contribution >= 4 is 23.2 Å². The lowest BCUT2D eigenvalue weighted by atomic mass is 10.2. The predicted molar refractivity (Wildman–Crippen MR) is 102 cm³/mol. The first kappa shape index (κ1) is 18.2. The Balaban J connectivity index is 1.70. The number of nitrogens with one attached hydrogen (secondary N) is 1. The van der Waals surface area contributed by atoms with E-state index in [1.165, 1.54) is 6.21 Å². The van der Waals surface area contributed by atoms with Crippen molar-refractivity contribution in [1.29, 1.82) is 0 Å². The molecule has 140 valence electrons. The third-order valence-electron chi connectivity index (χ3n) is 3.97. The zero-order valence-corrected chi connectivity index (χ0v) is 15.3. The van der Waals surface area contributed by atoms with E-state index in [-0.39, 0.29) is 12.5 Å². The molecule has 1 N–H and O–H groups in total. The number of rotatable bonds is 7. The van der Waals surface area contributed by atoms with Gasteiger partial charge in [-0.25, -0.2) is 10.4 Å². The Hall–Kier alpha value is -3.55. The van der Waals surface area contributed by atoms with Crippen molar-refractivity contribution < 1.29 is 19.0 Å². The van der Waals surface area contributed by atoms with E-state index in [0.717, 1.165) is 11.0 Å². The number of carbonyl (C=O) groups is 1. The van der Waals surface area contributed by atoms with E-state index in [0.29, 0.717) is 22.8 Å². The number of amides is 1. The normalized spacial score (nSPS) is 10.9. The lowest BCUT2D eigenvalue weighted by Crippen LogP contribution is -2.22. The van der Waals surface area contributed by atoms with Gasteiger partial charge in [-0.3, -0.25) is 4.79 Å². The van der Waals surface area contributed by atoms with E-state index < -0.39 is 0 Å². The van der Waals surface area contributed by atoms with Crippen molar-refractivity contribution in [3.05, 3.63) is 48.3 Å². The molecule has 0 spiro atoms. The van der Waals surface area contributed by atoms with Crippen molar-refractivity contribution in [3.8, 4) is 17.2 Å². The highest BCUT2D eigenvalue weighted by Gasteiger charge is 2.11. The molecule has 8 heteroatoms. The Morgan fingerprint density at radius 3 is 2.56 bits per heavy atom. The van der Waals surface area contributed by atoms with Gasteiger partial charge in [0.1, 0.15) is 12.3 Å². The summed E-state index contributed by atoms with van der Waals surface area (Å²) >= 11 is 0. The molecule has 8 nitrogen and oxygen atoms in total. The summed E-state index contributed by atoms with van der Waals surface area (Å²) in [6, 6.07) is 11.0. The van der Waals surface area contributed by atoms with Crippen LogP contribution in [0.15, 0.2) is 47.8 Å². The summed E-state index contributed by atoms with van der Waals surface area (Å²) in [5.74, 6) is 1.36. The fourth-order valence-corrected chi connectivity index (χ4v) is 2.65. The zero-order chi connectivity index (χ0) is 19.2. The molecule has 2 aromatic carbocycles. The molecule has 3 rings (SSSR count). The molecule has 0 aliphatic rings. The summed E-state index contributed by atoms with van der Waals surface area (Å²) in [4.78, 5) is 16.4. The Morgan fingerprint density at radius 2 is 1.81 bits per heavy atom. The number of methoxy groups -OCH3 is 3. The summed E-state index contributed by atoms with van der Waals surface area (Å²) in [6.07, 6.45) is 3.12. The number of fused-ring (bicyclic) bond motifs is 1. The SMILES string of the molecule is COc1cc(OC)c(OC)cc1/C=N\NC(=O)Cn1cnc2ccccc21. The van der Waals surface area contributed by atoms with Gasteiger partial charge < -0.3 is 18.8 Å². The average Bonchev–Trinajstić information content (AvgIpc) is 3.10. The van der Waals surface area contributed by atoms with Gasteiger partial charge in [0.15, 0.2) is 11.5 Å². The van der Waals surface area contributed by atoms with Crippen molar-refractivity contribution in [2.24, 2.45) is 5.10 Å². The Morgan fingerprint density at radius 1 is 1.11 bits per heavy atom. The van der Waals surface area contributed by atoms with Crippen LogP contribution in [0.4, 0.5) is 0 Å². The highest BCUT2D eigenvalue weighted by Crippen LogP contribution is 2.33. The van der Waals surface area contributed by atoms with E-state index in [1.54, 1.807) is 44.4 Å². The number of benzene rings is 2. The van der Waals surface area contributed by atoms with E-state index in [4.69, 9.17) is 14.2 Å². The highest BCUT2D eigenvalue weighted by molar-refractivity contribution is 5.87. The minimum Gasteiger partial charge on any atom is -0.496 e. The van der Waals surface area contributed by atoms with Gasteiger partial charge in [-0.05, 0) is 18.2 Å². The monoisotopic (exact) mass is 368 g/mol. The summed E-state index contributed by atoms with van der Waals surface area (Å²) in [6.45, 7) is 0.112. The fraction of sp³-hybridized carbons (Fsp3) is 0.211. The average molecular weight is 368 g/mol. The van der Waals surface area contributed by atoms with Crippen LogP contribution >= 0.6 is 0 Å². The third kappa shape index (κ3) is 4.00. The number of hydrogen-bond acceptors (Lipinski definition) is 6. The second-order valence-electron chi connectivity index (χ2n) is 5.60. The van der Waals surface area contributed by atoms with E-state index >= 15 is 0 Å². The van der Waals surface area contributed by atoms with Gasteiger partial charge in [-0.2, -0.15) is 5.10 Å². The van der Waals surface area contributed by atoms with Crippen molar-refractivity contribution in [2.45, 2.75) is 6.54 Å². The molecule has 1 amide bonds. The quantitative estimate of drug-likeness (QED) is 0.510. The largest absolute Gasteiger partial charge is 0.496 e. The standard InChI is InChI=1S/C19H20N4O4/c1-25-16-9-18(27-3)17(26-2)8-13(16)10-21-22-19(24)11-23-12-20-14-6-4-5-7-15(14)23/h4-10,12H,11H2,1-3H3,(H,22,24)/b21-10-. The van der Waals surface area contributed by atoms with Crippen LogP contribution in [0.25, 0.3) is 11.0 Å². The number of hydrogen-bond donors (Lipinski definition) is 1. The summed E-state index contributed by atoms with van der Waals surface area (Å²) in [5.41, 5.74) is 4.87. The number of nitrogens with zero attached hydrogens (tertiary/aromatic N) is 3. The van der Waals surface area contributed by atoms with Crippen LogP contribution in [0.3, 0.4) is 0 Å². The highest BCUT2D eigenvalue weighted by atomic mass is 16.5. The number of para-hydroxylation sites is 2. The number of aromatic nitrogens is 2. The molecule has 1 heterocycles. The molecule has 27 heavy (non-hydrogen) atoms. The van der Waals surface area contributed by atoms with Gasteiger partial charge in [0.05, 0.1) is 44.9 Å². The van der Waals surface area contributed by atoms with Crippen LogP contribution in [0, 0.1) is 0 Å². The molecule has 0 aliphatic carbocycles. The second-order valence-corrected chi connectivity index (χ2v) is 5.60. The first-order valence-corrected chi connectivity index (χ1v) is 8.18. The van der Waals surface area contributed by atoms with Gasteiger partial charge in [0, 0.05) is 11.6 Å². The molecular weight excluding hydrogens is 348 g/mol. The maximum Gasteiger partial charge on any atom is 0.260 e. The molecular formula is C19H20N4O4. The Labute approximate surface area is 156 Å². The molecule has 0 aliphatic heterocycles. The molecule has 3 aromatic rings. The maximum atomic E-state index is 12.2. The predicted octanol–water partition coefficient (Wildman–Crippen LogP) is 2.21. The summed E-state index contributed by atoms with van der Waals surface area (Å²) in [5, 5.41) is 4.01. The molecule has 1 aromatic heterocycles. The lowest BCUT2D eigenvalue weighted by Gasteiger charge is -2.11. The number of imidazole rings is 1. The van der Waals surface area contributed by atoms with Crippen LogP contribution in [-0.4, -0.2) is 43.0 Å². The van der Waals surface area contributed by atoms with Crippen LogP contribution < -0.4 is 19.6 Å². The Kier molecular flexibility index (Phi) is 5.55.